The molecule has 0 radical (unpaired) electrons. The number of nitrogens with one attached hydrogen (secondary N) is 1. The van der Waals surface area contributed by atoms with Gasteiger partial charge in [0.25, 0.3) is 5.91 Å². The van der Waals surface area contributed by atoms with E-state index in [2.05, 4.69) is 15.4 Å². The van der Waals surface area contributed by atoms with Crippen LogP contribution in [0.15, 0.2) is 89.5 Å². The Labute approximate surface area is 193 Å². The van der Waals surface area contributed by atoms with Crippen molar-refractivity contribution >= 4 is 34.5 Å². The molecule has 34 heavy (non-hydrogen) atoms. The molecule has 0 fully saturated rings. The normalized spacial score (nSPS) is 11.9. The van der Waals surface area contributed by atoms with Crippen LogP contribution in [0.1, 0.15) is 27.7 Å². The Morgan fingerprint density at radius 3 is 2.38 bits per heavy atom. The van der Waals surface area contributed by atoms with Crippen LogP contribution < -0.4 is 11.1 Å². The minimum atomic E-state index is -1.11. The van der Waals surface area contributed by atoms with Crippen LogP contribution in [0, 0.1) is 0 Å². The lowest BCUT2D eigenvalue weighted by atomic mass is 9.98. The number of aliphatic carboxylic acids is 1. The molecule has 1 atom stereocenters. The van der Waals surface area contributed by atoms with Crippen molar-refractivity contribution in [3.05, 3.63) is 102 Å². The van der Waals surface area contributed by atoms with Crippen molar-refractivity contribution < 1.29 is 19.1 Å². The first-order valence-corrected chi connectivity index (χ1v) is 10.4. The summed E-state index contributed by atoms with van der Waals surface area (Å²) in [5, 5.41) is 16.8. The maximum Gasteiger partial charge on any atom is 0.320 e. The number of amides is 1. The maximum absolute atomic E-state index is 12.8. The standard InChI is InChI=1S/C25H19N5O4/c26-18-14-30(17-6-2-1-3-7-17)29-22(18)28-23(31)16-12-10-15(11-13-16)21(25(32)33)24-27-19-8-4-5-9-20(19)34-24/h1-14,21H,26H2,(H,32,33)(H,28,29,31). The SMILES string of the molecule is Nc1cn(-c2ccccc2)nc1NC(=O)c1ccc(C(C(=O)O)c2nc3ccccc3o2)cc1. The number of hydrogen-bond acceptors (Lipinski definition) is 6. The fourth-order valence-corrected chi connectivity index (χ4v) is 3.61. The largest absolute Gasteiger partial charge is 0.480 e. The summed E-state index contributed by atoms with van der Waals surface area (Å²) < 4.78 is 7.23. The number of nitrogens with zero attached hydrogens (tertiary/aromatic N) is 3. The van der Waals surface area contributed by atoms with E-state index in [0.29, 0.717) is 27.9 Å². The van der Waals surface area contributed by atoms with E-state index in [1.807, 2.05) is 30.3 Å². The quantitative estimate of drug-likeness (QED) is 0.353. The van der Waals surface area contributed by atoms with Crippen LogP contribution >= 0.6 is 0 Å². The number of carbonyl (C=O) groups is 2. The van der Waals surface area contributed by atoms with Crippen LogP contribution in [0.2, 0.25) is 0 Å². The van der Waals surface area contributed by atoms with Gasteiger partial charge < -0.3 is 20.6 Å². The second-order valence-electron chi connectivity index (χ2n) is 7.58. The van der Waals surface area contributed by atoms with Crippen molar-refractivity contribution in [1.82, 2.24) is 14.8 Å². The molecule has 3 aromatic carbocycles. The molecule has 4 N–H and O–H groups in total. The van der Waals surface area contributed by atoms with Gasteiger partial charge >= 0.3 is 5.97 Å². The number of carboxylic acids is 1. The van der Waals surface area contributed by atoms with E-state index < -0.39 is 17.8 Å². The summed E-state index contributed by atoms with van der Waals surface area (Å²) in [6, 6.07) is 22.6. The monoisotopic (exact) mass is 453 g/mol. The van der Waals surface area contributed by atoms with E-state index in [1.54, 1.807) is 47.3 Å². The minimum absolute atomic E-state index is 0.0742. The third-order valence-corrected chi connectivity index (χ3v) is 5.31. The van der Waals surface area contributed by atoms with Crippen molar-refractivity contribution in [2.75, 3.05) is 11.1 Å². The van der Waals surface area contributed by atoms with E-state index in [0.717, 1.165) is 5.69 Å². The number of fused-ring (bicyclic) bond motifs is 1. The number of rotatable bonds is 6. The summed E-state index contributed by atoms with van der Waals surface area (Å²) in [7, 11) is 0. The third kappa shape index (κ3) is 3.97. The van der Waals surface area contributed by atoms with Gasteiger partial charge in [0, 0.05) is 5.56 Å². The Balaban J connectivity index is 1.36. The van der Waals surface area contributed by atoms with Gasteiger partial charge in [0.15, 0.2) is 17.3 Å². The molecule has 0 spiro atoms. The first kappa shape index (κ1) is 21.0. The summed E-state index contributed by atoms with van der Waals surface area (Å²) in [6.45, 7) is 0. The van der Waals surface area contributed by atoms with Gasteiger partial charge in [0.05, 0.1) is 17.6 Å². The first-order valence-electron chi connectivity index (χ1n) is 10.4. The Morgan fingerprint density at radius 2 is 1.68 bits per heavy atom. The Bertz CT molecular complexity index is 1460. The number of carbonyl (C=O) groups excluding carboxylic acids is 1. The molecule has 9 heteroatoms. The summed E-state index contributed by atoms with van der Waals surface area (Å²) in [6.07, 6.45) is 1.62. The molecular weight excluding hydrogens is 434 g/mol. The molecule has 1 amide bonds. The van der Waals surface area contributed by atoms with Gasteiger partial charge in [-0.15, -0.1) is 5.10 Å². The second-order valence-corrected chi connectivity index (χ2v) is 7.58. The molecule has 9 nitrogen and oxygen atoms in total. The van der Waals surface area contributed by atoms with Crippen LogP contribution in [0.3, 0.4) is 0 Å². The lowest BCUT2D eigenvalue weighted by molar-refractivity contribution is -0.138. The van der Waals surface area contributed by atoms with Crippen molar-refractivity contribution in [1.29, 1.82) is 0 Å². The molecule has 0 saturated heterocycles. The molecule has 0 bridgehead atoms. The molecule has 1 unspecified atom stereocenters. The summed E-state index contributed by atoms with van der Waals surface area (Å²) in [4.78, 5) is 29.1. The van der Waals surface area contributed by atoms with Gasteiger partial charge in [-0.1, -0.05) is 42.5 Å². The summed E-state index contributed by atoms with van der Waals surface area (Å²) >= 11 is 0. The van der Waals surface area contributed by atoms with Gasteiger partial charge in [-0.05, 0) is 42.0 Å². The molecule has 5 rings (SSSR count). The van der Waals surface area contributed by atoms with Gasteiger partial charge in [-0.2, -0.15) is 0 Å². The van der Waals surface area contributed by atoms with Gasteiger partial charge in [0.1, 0.15) is 5.52 Å². The topological polar surface area (TPSA) is 136 Å². The van der Waals surface area contributed by atoms with Crippen molar-refractivity contribution in [3.63, 3.8) is 0 Å². The molecule has 168 valence electrons. The van der Waals surface area contributed by atoms with Crippen LogP contribution in [0.4, 0.5) is 11.5 Å². The smallest absolute Gasteiger partial charge is 0.320 e. The van der Waals surface area contributed by atoms with Gasteiger partial charge in [-0.25, -0.2) is 9.67 Å². The van der Waals surface area contributed by atoms with Crippen molar-refractivity contribution in [2.45, 2.75) is 5.92 Å². The van der Waals surface area contributed by atoms with Crippen LogP contribution in [-0.2, 0) is 4.79 Å². The van der Waals surface area contributed by atoms with Crippen molar-refractivity contribution in [3.8, 4) is 5.69 Å². The Hall–Kier alpha value is -4.92. The highest BCUT2D eigenvalue weighted by molar-refractivity contribution is 6.05. The number of carboxylic acid groups (broad SMARTS) is 1. The summed E-state index contributed by atoms with van der Waals surface area (Å²) in [5.41, 5.74) is 8.97. The molecule has 2 aromatic heterocycles. The maximum atomic E-state index is 12.8. The highest BCUT2D eigenvalue weighted by Crippen LogP contribution is 2.28. The minimum Gasteiger partial charge on any atom is -0.480 e. The zero-order valence-electron chi connectivity index (χ0n) is 17.8. The molecule has 0 saturated carbocycles. The van der Waals surface area contributed by atoms with E-state index in [9.17, 15) is 14.7 Å². The Morgan fingerprint density at radius 1 is 0.971 bits per heavy atom. The molecule has 2 heterocycles. The predicted octanol–water partition coefficient (Wildman–Crippen LogP) is 4.06. The molecule has 5 aromatic rings. The number of benzene rings is 3. The van der Waals surface area contributed by atoms with E-state index in [1.165, 1.54) is 12.1 Å². The second kappa shape index (κ2) is 8.55. The van der Waals surface area contributed by atoms with Crippen LogP contribution in [-0.4, -0.2) is 31.7 Å². The average Bonchev–Trinajstić information content (AvgIpc) is 3.43. The number of para-hydroxylation sites is 3. The van der Waals surface area contributed by atoms with E-state index in [-0.39, 0.29) is 11.7 Å². The fraction of sp³-hybridized carbons (Fsp3) is 0.0400. The zero-order chi connectivity index (χ0) is 23.7. The summed E-state index contributed by atoms with van der Waals surface area (Å²) in [5.74, 6) is -2.34. The number of anilines is 2. The van der Waals surface area contributed by atoms with Crippen LogP contribution in [0.25, 0.3) is 16.8 Å². The van der Waals surface area contributed by atoms with E-state index >= 15 is 0 Å². The zero-order valence-corrected chi connectivity index (χ0v) is 17.8. The van der Waals surface area contributed by atoms with Gasteiger partial charge in [0.2, 0.25) is 5.89 Å². The number of aromatic nitrogens is 3. The number of hydrogen-bond donors (Lipinski definition) is 3. The van der Waals surface area contributed by atoms with Gasteiger partial charge in [-0.3, -0.25) is 9.59 Å². The first-order chi connectivity index (χ1) is 16.5. The highest BCUT2D eigenvalue weighted by atomic mass is 16.4. The third-order valence-electron chi connectivity index (χ3n) is 5.31. The lowest BCUT2D eigenvalue weighted by Gasteiger charge is -2.10. The molecule has 0 aliphatic carbocycles. The predicted molar refractivity (Wildman–Crippen MR) is 126 cm³/mol. The Kier molecular flexibility index (Phi) is 5.27. The number of oxazole rings is 1. The molecule has 0 aliphatic rings. The fourth-order valence-electron chi connectivity index (χ4n) is 3.61. The van der Waals surface area contributed by atoms with Crippen molar-refractivity contribution in [2.24, 2.45) is 0 Å². The van der Waals surface area contributed by atoms with Crippen LogP contribution in [0.5, 0.6) is 0 Å². The highest BCUT2D eigenvalue weighted by Gasteiger charge is 2.28. The average molecular weight is 453 g/mol. The number of nitrogens with two attached hydrogens (primary N) is 1. The molecule has 0 aliphatic heterocycles. The van der Waals surface area contributed by atoms with E-state index in [4.69, 9.17) is 10.2 Å². The lowest BCUT2D eigenvalue weighted by Crippen LogP contribution is -2.15. The molecular formula is C25H19N5O4. The number of nitrogen functional groups attached to an aromatic ring is 1.